The van der Waals surface area contributed by atoms with Crippen molar-refractivity contribution in [2.24, 2.45) is 0 Å². The highest BCUT2D eigenvalue weighted by Crippen LogP contribution is 2.32. The van der Waals surface area contributed by atoms with Crippen LogP contribution >= 0.6 is 0 Å². The molecule has 11 heteroatoms. The zero-order valence-corrected chi connectivity index (χ0v) is 26.1. The smallest absolute Gasteiger partial charge is 0.258 e. The van der Waals surface area contributed by atoms with E-state index in [4.69, 9.17) is 0 Å². The first kappa shape index (κ1) is 30.3. The van der Waals surface area contributed by atoms with E-state index in [0.29, 0.717) is 48.8 Å². The van der Waals surface area contributed by atoms with Gasteiger partial charge in [-0.15, -0.1) is 0 Å². The maximum absolute atomic E-state index is 13.0. The molecular weight excluding hydrogens is 594 g/mol. The zero-order chi connectivity index (χ0) is 32.5. The predicted octanol–water partition coefficient (Wildman–Crippen LogP) is 4.11. The number of nitrogens with one attached hydrogen (secondary N) is 3. The Hall–Kier alpha value is -5.34. The second-order valence-electron chi connectivity index (χ2n) is 12.4. The van der Waals surface area contributed by atoms with E-state index in [2.05, 4.69) is 55.4 Å². The van der Waals surface area contributed by atoms with Crippen LogP contribution in [0.2, 0.25) is 0 Å². The molecular formula is C36H35N7O4. The summed E-state index contributed by atoms with van der Waals surface area (Å²) >= 11 is 0. The van der Waals surface area contributed by atoms with E-state index in [1.165, 1.54) is 17.0 Å². The third-order valence-electron chi connectivity index (χ3n) is 9.27. The minimum atomic E-state index is -0.652. The third-order valence-corrected chi connectivity index (χ3v) is 9.27. The van der Waals surface area contributed by atoms with E-state index in [1.807, 2.05) is 18.2 Å². The highest BCUT2D eigenvalue weighted by molar-refractivity contribution is 6.06. The Labute approximate surface area is 272 Å². The molecule has 47 heavy (non-hydrogen) atoms. The molecule has 3 aromatic heterocycles. The Bertz CT molecular complexity index is 1960. The van der Waals surface area contributed by atoms with Crippen LogP contribution in [-0.2, 0) is 22.6 Å². The number of piperidine rings is 1. The van der Waals surface area contributed by atoms with Crippen molar-refractivity contribution in [2.75, 3.05) is 18.9 Å². The summed E-state index contributed by atoms with van der Waals surface area (Å²) in [6.45, 7) is 1.39. The molecule has 1 aromatic carbocycles. The number of unbranched alkanes of at least 4 members (excludes halogenated alkanes) is 1. The largest absolute Gasteiger partial charge is 0.357 e. The van der Waals surface area contributed by atoms with Gasteiger partial charge in [0.1, 0.15) is 11.9 Å². The van der Waals surface area contributed by atoms with Crippen LogP contribution in [0.4, 0.5) is 5.82 Å². The molecule has 0 radical (unpaired) electrons. The molecule has 7 rings (SSSR count). The van der Waals surface area contributed by atoms with E-state index in [1.54, 1.807) is 30.6 Å². The monoisotopic (exact) mass is 629 g/mol. The number of hydrogen-bond donors (Lipinski definition) is 3. The van der Waals surface area contributed by atoms with Crippen molar-refractivity contribution in [1.29, 1.82) is 0 Å². The van der Waals surface area contributed by atoms with E-state index >= 15 is 0 Å². The lowest BCUT2D eigenvalue weighted by molar-refractivity contribution is -0.136. The summed E-state index contributed by atoms with van der Waals surface area (Å²) in [5.74, 6) is 5.68. The Morgan fingerprint density at radius 3 is 2.74 bits per heavy atom. The second kappa shape index (κ2) is 12.8. The van der Waals surface area contributed by atoms with Gasteiger partial charge in [0.15, 0.2) is 0 Å². The number of benzene rings is 1. The molecule has 0 aliphatic carbocycles. The first-order valence-corrected chi connectivity index (χ1v) is 16.0. The number of nitrogens with zero attached hydrogens (tertiary/aromatic N) is 4. The van der Waals surface area contributed by atoms with Crippen LogP contribution in [-0.4, -0.2) is 68.0 Å². The maximum Gasteiger partial charge on any atom is 0.258 e. The summed E-state index contributed by atoms with van der Waals surface area (Å²) in [6, 6.07) is 12.8. The molecule has 2 atom stereocenters. The van der Waals surface area contributed by atoms with Gasteiger partial charge in [-0.25, -0.2) is 4.98 Å². The molecule has 0 saturated carbocycles. The van der Waals surface area contributed by atoms with E-state index in [9.17, 15) is 19.2 Å². The first-order chi connectivity index (χ1) is 22.8. The number of imide groups is 1. The highest BCUT2D eigenvalue weighted by Gasteiger charge is 2.39. The van der Waals surface area contributed by atoms with Gasteiger partial charge in [-0.1, -0.05) is 17.9 Å². The first-order valence-electron chi connectivity index (χ1n) is 16.0. The number of aryl methyl sites for hydroxylation is 1. The molecule has 3 N–H and O–H groups in total. The molecule has 2 fully saturated rings. The fraction of sp³-hybridized carbons (Fsp3) is 0.333. The molecule has 3 aliphatic heterocycles. The van der Waals surface area contributed by atoms with Gasteiger partial charge in [0.05, 0.1) is 11.1 Å². The van der Waals surface area contributed by atoms with Crippen LogP contribution in [0, 0.1) is 11.8 Å². The zero-order valence-electron chi connectivity index (χ0n) is 26.1. The van der Waals surface area contributed by atoms with Crippen molar-refractivity contribution in [3.05, 3.63) is 88.5 Å². The summed E-state index contributed by atoms with van der Waals surface area (Å²) in [5, 5.41) is 6.24. The number of carbonyl (C=O) groups excluding carboxylic acids is 4. The fourth-order valence-electron chi connectivity index (χ4n) is 6.71. The van der Waals surface area contributed by atoms with Crippen LogP contribution in [0.5, 0.6) is 0 Å². The number of rotatable bonds is 7. The van der Waals surface area contributed by atoms with Gasteiger partial charge < -0.3 is 15.2 Å². The molecule has 6 heterocycles. The van der Waals surface area contributed by atoms with Crippen LogP contribution in [0.1, 0.15) is 87.8 Å². The minimum absolute atomic E-state index is 0.208. The SMILES string of the molecule is CN1CCC[C@@H]1c1cc2cnc(NC(=O)c3ccc(CCCC#Cc4cccc5c4CN(C4CCC(=O)NC4=O)C5=O)nc3)cc2[nH]1. The van der Waals surface area contributed by atoms with Gasteiger partial charge >= 0.3 is 0 Å². The van der Waals surface area contributed by atoms with Crippen LogP contribution in [0.25, 0.3) is 10.9 Å². The van der Waals surface area contributed by atoms with Gasteiger partial charge in [-0.3, -0.25) is 34.4 Å². The number of pyridine rings is 2. The number of fused-ring (bicyclic) bond motifs is 2. The molecule has 1 unspecified atom stereocenters. The number of amides is 4. The van der Waals surface area contributed by atoms with Crippen molar-refractivity contribution in [3.8, 4) is 11.8 Å². The van der Waals surface area contributed by atoms with Crippen molar-refractivity contribution in [2.45, 2.75) is 63.6 Å². The molecule has 238 valence electrons. The lowest BCUT2D eigenvalue weighted by Crippen LogP contribution is -2.52. The summed E-state index contributed by atoms with van der Waals surface area (Å²) < 4.78 is 0. The Kier molecular flexibility index (Phi) is 8.26. The molecule has 3 aliphatic rings. The third kappa shape index (κ3) is 6.24. The number of anilines is 1. The molecule has 11 nitrogen and oxygen atoms in total. The van der Waals surface area contributed by atoms with Crippen molar-refractivity contribution in [1.82, 2.24) is 30.1 Å². The van der Waals surface area contributed by atoms with Gasteiger partial charge in [0, 0.05) is 71.8 Å². The van der Waals surface area contributed by atoms with Crippen molar-refractivity contribution >= 4 is 40.3 Å². The molecule has 4 amide bonds. The van der Waals surface area contributed by atoms with Crippen LogP contribution in [0.15, 0.2) is 54.9 Å². The molecule has 2 saturated heterocycles. The highest BCUT2D eigenvalue weighted by atomic mass is 16.2. The van der Waals surface area contributed by atoms with Gasteiger partial charge in [0.2, 0.25) is 11.8 Å². The lowest BCUT2D eigenvalue weighted by atomic mass is 10.0. The number of aromatic nitrogens is 3. The standard InChI is InChI=1S/C36H35N7O4/c1-42-16-6-11-30(42)29-17-24-20-38-32(18-28(24)39-29)40-34(45)23-12-13-25(37-19-23)9-4-2-3-7-22-8-5-10-26-27(22)21-43(36(26)47)31-14-15-33(44)41-35(31)46/h5,8,10,12-13,17-20,30-31,39H,2,4,6,9,11,14-16,21H2,1H3,(H,38,40,45)(H,41,44,46)/t30-,31?/m1/s1. The van der Waals surface area contributed by atoms with E-state index in [0.717, 1.165) is 47.1 Å². The Morgan fingerprint density at radius 1 is 1.06 bits per heavy atom. The van der Waals surface area contributed by atoms with Gasteiger partial charge in [-0.05, 0) is 81.6 Å². The average molecular weight is 630 g/mol. The second-order valence-corrected chi connectivity index (χ2v) is 12.4. The van der Waals surface area contributed by atoms with Crippen molar-refractivity contribution < 1.29 is 19.2 Å². The van der Waals surface area contributed by atoms with Crippen molar-refractivity contribution in [3.63, 3.8) is 0 Å². The van der Waals surface area contributed by atoms with Gasteiger partial charge in [-0.2, -0.15) is 0 Å². The normalized spacial score (nSPS) is 19.4. The summed E-state index contributed by atoms with van der Waals surface area (Å²) in [6.07, 6.45) is 8.33. The number of aromatic amines is 1. The number of carbonyl (C=O) groups is 4. The Morgan fingerprint density at radius 2 is 1.96 bits per heavy atom. The molecule has 0 bridgehead atoms. The van der Waals surface area contributed by atoms with Crippen LogP contribution in [0.3, 0.4) is 0 Å². The fourth-order valence-corrected chi connectivity index (χ4v) is 6.71. The van der Waals surface area contributed by atoms with E-state index in [-0.39, 0.29) is 24.1 Å². The summed E-state index contributed by atoms with van der Waals surface area (Å²) in [5.41, 5.74) is 5.58. The van der Waals surface area contributed by atoms with Crippen LogP contribution < -0.4 is 10.6 Å². The van der Waals surface area contributed by atoms with E-state index < -0.39 is 11.9 Å². The topological polar surface area (TPSA) is 140 Å². The minimum Gasteiger partial charge on any atom is -0.357 e. The Balaban J connectivity index is 0.917. The quantitative estimate of drug-likeness (QED) is 0.159. The average Bonchev–Trinajstić information content (AvgIpc) is 3.78. The number of hydrogen-bond acceptors (Lipinski definition) is 7. The predicted molar refractivity (Wildman–Crippen MR) is 175 cm³/mol. The summed E-state index contributed by atoms with van der Waals surface area (Å²) in [7, 11) is 2.14. The maximum atomic E-state index is 13.0. The number of likely N-dealkylation sites (tertiary alicyclic amines) is 1. The summed E-state index contributed by atoms with van der Waals surface area (Å²) in [4.78, 5) is 66.2. The lowest BCUT2D eigenvalue weighted by Gasteiger charge is -2.29. The molecule has 0 spiro atoms. The van der Waals surface area contributed by atoms with Gasteiger partial charge in [0.25, 0.3) is 11.8 Å². The number of H-pyrrole nitrogens is 1. The molecule has 4 aromatic rings.